The minimum Gasteiger partial charge on any atom is -0.0843 e. The summed E-state index contributed by atoms with van der Waals surface area (Å²) in [5.74, 6) is 4.59. The highest BCUT2D eigenvalue weighted by Gasteiger charge is 2.73. The second kappa shape index (κ2) is 4.03. The molecular formula is C22H21Cl. The molecule has 3 fully saturated rings. The Hall–Kier alpha value is -1.27. The van der Waals surface area contributed by atoms with Crippen molar-refractivity contribution in [1.82, 2.24) is 0 Å². The standard InChI is InChI=1S/C22H21Cl/c1-12-8-13-10-20-21(13)19(9-12)22(20)17-5-3-2-4-15(17)16-7-6-14(23)11-18(16)22/h2-7,11-13,19-21H,8-10H2,1H3. The molecule has 0 amide bonds. The van der Waals surface area contributed by atoms with E-state index in [1.54, 1.807) is 11.1 Å². The Labute approximate surface area is 142 Å². The maximum Gasteiger partial charge on any atom is 0.0409 e. The first kappa shape index (κ1) is 13.1. The number of hydrogen-bond acceptors (Lipinski definition) is 0. The fraction of sp³-hybridized carbons (Fsp3) is 0.455. The topological polar surface area (TPSA) is 0 Å². The van der Waals surface area contributed by atoms with Crippen LogP contribution in [0.3, 0.4) is 0 Å². The summed E-state index contributed by atoms with van der Waals surface area (Å²) in [5, 5.41) is 0.902. The molecule has 1 spiro atoms. The largest absolute Gasteiger partial charge is 0.0843 e. The van der Waals surface area contributed by atoms with E-state index in [-0.39, 0.29) is 5.41 Å². The number of hydrogen-bond donors (Lipinski definition) is 0. The van der Waals surface area contributed by atoms with Gasteiger partial charge < -0.3 is 0 Å². The van der Waals surface area contributed by atoms with Crippen molar-refractivity contribution < 1.29 is 0 Å². The minimum atomic E-state index is 0.284. The molecule has 0 nitrogen and oxygen atoms in total. The summed E-state index contributed by atoms with van der Waals surface area (Å²) in [6.07, 6.45) is 4.31. The Bertz CT molecular complexity index is 838. The first-order valence-electron chi connectivity index (χ1n) is 9.11. The van der Waals surface area contributed by atoms with E-state index < -0.39 is 0 Å². The molecule has 6 unspecified atom stereocenters. The fourth-order valence-electron chi connectivity index (χ4n) is 7.09. The highest BCUT2D eigenvalue weighted by molar-refractivity contribution is 6.30. The Kier molecular flexibility index (Phi) is 2.29. The molecule has 0 radical (unpaired) electrons. The quantitative estimate of drug-likeness (QED) is 0.565. The van der Waals surface area contributed by atoms with Crippen molar-refractivity contribution in [2.24, 2.45) is 29.6 Å². The summed E-state index contributed by atoms with van der Waals surface area (Å²) in [6, 6.07) is 15.8. The third kappa shape index (κ3) is 1.30. The number of rotatable bonds is 0. The van der Waals surface area contributed by atoms with Gasteiger partial charge in [-0.2, -0.15) is 0 Å². The number of fused-ring (bicyclic) bond motifs is 7. The smallest absolute Gasteiger partial charge is 0.0409 e. The summed E-state index contributed by atoms with van der Waals surface area (Å²) < 4.78 is 0. The van der Waals surface area contributed by atoms with Crippen LogP contribution in [0.2, 0.25) is 5.02 Å². The van der Waals surface area contributed by atoms with Crippen molar-refractivity contribution in [2.75, 3.05) is 0 Å². The molecule has 0 N–H and O–H groups in total. The highest BCUT2D eigenvalue weighted by atomic mass is 35.5. The van der Waals surface area contributed by atoms with Gasteiger partial charge in [0.05, 0.1) is 0 Å². The first-order valence-corrected chi connectivity index (χ1v) is 9.49. The summed E-state index contributed by atoms with van der Waals surface area (Å²) in [4.78, 5) is 0. The zero-order valence-corrected chi connectivity index (χ0v) is 14.2. The van der Waals surface area contributed by atoms with Crippen LogP contribution in [-0.2, 0) is 5.41 Å². The van der Waals surface area contributed by atoms with Crippen LogP contribution >= 0.6 is 11.6 Å². The maximum atomic E-state index is 6.44. The van der Waals surface area contributed by atoms with Crippen LogP contribution in [-0.4, -0.2) is 0 Å². The molecule has 0 bridgehead atoms. The highest BCUT2D eigenvalue weighted by Crippen LogP contribution is 2.78. The van der Waals surface area contributed by atoms with E-state index in [1.807, 2.05) is 0 Å². The van der Waals surface area contributed by atoms with Gasteiger partial charge in [-0.1, -0.05) is 48.9 Å². The van der Waals surface area contributed by atoms with E-state index in [1.165, 1.54) is 30.4 Å². The molecule has 0 heterocycles. The third-order valence-electron chi connectivity index (χ3n) is 7.65. The van der Waals surface area contributed by atoms with Crippen LogP contribution in [0.1, 0.15) is 37.3 Å². The van der Waals surface area contributed by atoms with Gasteiger partial charge in [0.2, 0.25) is 0 Å². The molecule has 6 rings (SSSR count). The van der Waals surface area contributed by atoms with E-state index >= 15 is 0 Å². The van der Waals surface area contributed by atoms with Gasteiger partial charge in [0.15, 0.2) is 0 Å². The second-order valence-electron chi connectivity index (χ2n) is 8.47. The predicted octanol–water partition coefficient (Wildman–Crippen LogP) is 5.92. The lowest BCUT2D eigenvalue weighted by Crippen LogP contribution is -2.70. The third-order valence-corrected chi connectivity index (χ3v) is 7.89. The molecule has 0 aromatic heterocycles. The number of benzene rings is 2. The van der Waals surface area contributed by atoms with Crippen LogP contribution in [0.4, 0.5) is 0 Å². The van der Waals surface area contributed by atoms with Gasteiger partial charge in [-0.15, -0.1) is 0 Å². The molecule has 116 valence electrons. The van der Waals surface area contributed by atoms with Crippen LogP contribution in [0.5, 0.6) is 0 Å². The predicted molar refractivity (Wildman–Crippen MR) is 94.6 cm³/mol. The van der Waals surface area contributed by atoms with Gasteiger partial charge in [0.25, 0.3) is 0 Å². The van der Waals surface area contributed by atoms with Crippen LogP contribution in [0.15, 0.2) is 42.5 Å². The summed E-state index contributed by atoms with van der Waals surface area (Å²) in [7, 11) is 0. The van der Waals surface area contributed by atoms with Crippen LogP contribution in [0, 0.1) is 29.6 Å². The van der Waals surface area contributed by atoms with Gasteiger partial charge in [0, 0.05) is 10.4 Å². The first-order chi connectivity index (χ1) is 11.2. The minimum absolute atomic E-state index is 0.284. The van der Waals surface area contributed by atoms with E-state index in [0.717, 1.165) is 34.6 Å². The van der Waals surface area contributed by atoms with Crippen molar-refractivity contribution in [1.29, 1.82) is 0 Å². The Morgan fingerprint density at radius 1 is 0.913 bits per heavy atom. The molecule has 6 atom stereocenters. The molecule has 0 aliphatic heterocycles. The molecule has 2 aromatic carbocycles. The van der Waals surface area contributed by atoms with Gasteiger partial charge >= 0.3 is 0 Å². The van der Waals surface area contributed by atoms with Crippen LogP contribution < -0.4 is 0 Å². The SMILES string of the molecule is CC1CC2CC3C2C(C1)C31c2ccccc2-c2ccc(Cl)cc21. The average molecular weight is 321 g/mol. The molecule has 4 aliphatic carbocycles. The van der Waals surface area contributed by atoms with Gasteiger partial charge in [-0.3, -0.25) is 0 Å². The van der Waals surface area contributed by atoms with Crippen molar-refractivity contribution in [3.05, 3.63) is 58.6 Å². The Morgan fingerprint density at radius 2 is 1.70 bits per heavy atom. The van der Waals surface area contributed by atoms with Crippen LogP contribution in [0.25, 0.3) is 11.1 Å². The molecule has 23 heavy (non-hydrogen) atoms. The monoisotopic (exact) mass is 320 g/mol. The summed E-state index contributed by atoms with van der Waals surface area (Å²) >= 11 is 6.44. The van der Waals surface area contributed by atoms with E-state index in [0.29, 0.717) is 0 Å². The van der Waals surface area contributed by atoms with Crippen molar-refractivity contribution in [3.63, 3.8) is 0 Å². The summed E-state index contributed by atoms with van der Waals surface area (Å²) in [5.41, 5.74) is 6.36. The van der Waals surface area contributed by atoms with E-state index in [9.17, 15) is 0 Å². The lowest BCUT2D eigenvalue weighted by Gasteiger charge is -2.73. The fourth-order valence-corrected chi connectivity index (χ4v) is 7.26. The normalized spacial score (nSPS) is 41.6. The lowest BCUT2D eigenvalue weighted by molar-refractivity contribution is -0.193. The van der Waals surface area contributed by atoms with Gasteiger partial charge in [-0.25, -0.2) is 0 Å². The molecular weight excluding hydrogens is 300 g/mol. The average Bonchev–Trinajstić information content (AvgIpc) is 2.81. The van der Waals surface area contributed by atoms with Crippen molar-refractivity contribution in [3.8, 4) is 11.1 Å². The summed E-state index contributed by atoms with van der Waals surface area (Å²) in [6.45, 7) is 2.47. The molecule has 2 aromatic rings. The molecule has 4 aliphatic rings. The lowest BCUT2D eigenvalue weighted by atomic mass is 9.30. The van der Waals surface area contributed by atoms with E-state index in [2.05, 4.69) is 49.4 Å². The van der Waals surface area contributed by atoms with Crippen molar-refractivity contribution in [2.45, 2.75) is 31.6 Å². The number of halogens is 1. The molecule has 1 heteroatoms. The zero-order chi connectivity index (χ0) is 15.3. The van der Waals surface area contributed by atoms with Gasteiger partial charge in [-0.05, 0) is 83.2 Å². The zero-order valence-electron chi connectivity index (χ0n) is 13.4. The maximum absolute atomic E-state index is 6.44. The van der Waals surface area contributed by atoms with Crippen molar-refractivity contribution >= 4 is 11.6 Å². The van der Waals surface area contributed by atoms with E-state index in [4.69, 9.17) is 11.6 Å². The molecule has 0 saturated heterocycles. The Balaban J connectivity index is 1.64. The van der Waals surface area contributed by atoms with Gasteiger partial charge in [0.1, 0.15) is 0 Å². The Morgan fingerprint density at radius 3 is 2.61 bits per heavy atom. The second-order valence-corrected chi connectivity index (χ2v) is 8.90. The molecule has 3 saturated carbocycles.